The number of thioether (sulfide) groups is 1. The van der Waals surface area contributed by atoms with Gasteiger partial charge in [0.15, 0.2) is 0 Å². The summed E-state index contributed by atoms with van der Waals surface area (Å²) in [6, 6.07) is 0.766. The maximum absolute atomic E-state index is 5.41. The van der Waals surface area contributed by atoms with Crippen LogP contribution in [0, 0.1) is 0 Å². The summed E-state index contributed by atoms with van der Waals surface area (Å²) in [5.74, 6) is 1.30. The fourth-order valence-electron chi connectivity index (χ4n) is 1.53. The molecule has 0 radical (unpaired) electrons. The predicted molar refractivity (Wildman–Crippen MR) is 56.6 cm³/mol. The first kappa shape index (κ1) is 10.4. The third kappa shape index (κ3) is 3.78. The van der Waals surface area contributed by atoms with Gasteiger partial charge in [0.2, 0.25) is 0 Å². The molecule has 12 heavy (non-hydrogen) atoms. The number of hydrogen-bond donors (Lipinski definition) is 2. The summed E-state index contributed by atoms with van der Waals surface area (Å²) < 4.78 is 0. The molecule has 1 saturated heterocycles. The van der Waals surface area contributed by atoms with Crippen molar-refractivity contribution in [1.29, 1.82) is 0 Å². The summed E-state index contributed by atoms with van der Waals surface area (Å²) in [6.45, 7) is 4.29. The molecule has 0 aromatic heterocycles. The third-order valence-electron chi connectivity index (χ3n) is 2.26. The van der Waals surface area contributed by atoms with E-state index in [0.717, 1.165) is 30.8 Å². The Hall–Kier alpha value is 0.270. The molecule has 0 bridgehead atoms. The molecule has 72 valence electrons. The van der Waals surface area contributed by atoms with Crippen molar-refractivity contribution in [3.05, 3.63) is 0 Å². The highest BCUT2D eigenvalue weighted by Crippen LogP contribution is 2.25. The molecule has 0 aromatic rings. The van der Waals surface area contributed by atoms with Gasteiger partial charge >= 0.3 is 0 Å². The van der Waals surface area contributed by atoms with Gasteiger partial charge in [-0.1, -0.05) is 6.92 Å². The van der Waals surface area contributed by atoms with E-state index in [1.165, 1.54) is 18.6 Å². The highest BCUT2D eigenvalue weighted by atomic mass is 32.2. The molecule has 2 unspecified atom stereocenters. The molecule has 3 N–H and O–H groups in total. The van der Waals surface area contributed by atoms with Crippen molar-refractivity contribution >= 4 is 11.8 Å². The average molecular weight is 188 g/mol. The number of unbranched alkanes of at least 4 members (excludes halogenated alkanes) is 1. The Balaban J connectivity index is 1.93. The summed E-state index contributed by atoms with van der Waals surface area (Å²) >= 11 is 2.08. The van der Waals surface area contributed by atoms with Gasteiger partial charge in [0, 0.05) is 17.0 Å². The first-order valence-corrected chi connectivity index (χ1v) is 5.93. The van der Waals surface area contributed by atoms with Crippen molar-refractivity contribution < 1.29 is 0 Å². The lowest BCUT2D eigenvalue weighted by Crippen LogP contribution is -2.30. The first-order valence-electron chi connectivity index (χ1n) is 4.88. The fraction of sp³-hybridized carbons (Fsp3) is 1.00. The highest BCUT2D eigenvalue weighted by Gasteiger charge is 2.20. The second kappa shape index (κ2) is 5.84. The van der Waals surface area contributed by atoms with Crippen LogP contribution in [0.15, 0.2) is 0 Å². The molecule has 2 atom stereocenters. The Kier molecular flexibility index (Phi) is 5.04. The summed E-state index contributed by atoms with van der Waals surface area (Å²) in [5.41, 5.74) is 5.41. The van der Waals surface area contributed by atoms with Gasteiger partial charge in [-0.3, -0.25) is 0 Å². The maximum atomic E-state index is 5.41. The summed E-state index contributed by atoms with van der Waals surface area (Å²) in [5, 5.41) is 4.43. The van der Waals surface area contributed by atoms with E-state index < -0.39 is 0 Å². The van der Waals surface area contributed by atoms with Crippen LogP contribution in [0.2, 0.25) is 0 Å². The van der Waals surface area contributed by atoms with Crippen LogP contribution < -0.4 is 11.1 Å². The molecule has 3 heteroatoms. The molecule has 0 amide bonds. The van der Waals surface area contributed by atoms with Crippen molar-refractivity contribution in [3.63, 3.8) is 0 Å². The molecule has 0 saturated carbocycles. The van der Waals surface area contributed by atoms with Crippen LogP contribution in [0.5, 0.6) is 0 Å². The van der Waals surface area contributed by atoms with E-state index in [4.69, 9.17) is 5.73 Å². The van der Waals surface area contributed by atoms with Gasteiger partial charge in [-0.05, 0) is 32.4 Å². The summed E-state index contributed by atoms with van der Waals surface area (Å²) in [7, 11) is 0. The molecule has 0 spiro atoms. The van der Waals surface area contributed by atoms with Crippen LogP contribution in [0.25, 0.3) is 0 Å². The van der Waals surface area contributed by atoms with Crippen LogP contribution in [0.4, 0.5) is 0 Å². The van der Waals surface area contributed by atoms with Gasteiger partial charge in [0.1, 0.15) is 0 Å². The summed E-state index contributed by atoms with van der Waals surface area (Å²) in [4.78, 5) is 0. The minimum Gasteiger partial charge on any atom is -0.330 e. The standard InChI is InChI=1S/C9H20N2S/c1-8-6-9(7-12-8)11-5-3-2-4-10/h8-9,11H,2-7,10H2,1H3. The number of nitrogens with two attached hydrogens (primary N) is 1. The molecule has 1 aliphatic rings. The van der Waals surface area contributed by atoms with Crippen molar-refractivity contribution in [1.82, 2.24) is 5.32 Å². The van der Waals surface area contributed by atoms with E-state index in [1.54, 1.807) is 0 Å². The Morgan fingerprint density at radius 2 is 2.33 bits per heavy atom. The monoisotopic (exact) mass is 188 g/mol. The minimum absolute atomic E-state index is 0.766. The van der Waals surface area contributed by atoms with Gasteiger partial charge in [-0.25, -0.2) is 0 Å². The van der Waals surface area contributed by atoms with Gasteiger partial charge < -0.3 is 11.1 Å². The molecule has 1 aliphatic heterocycles. The number of hydrogen-bond acceptors (Lipinski definition) is 3. The lowest BCUT2D eigenvalue weighted by atomic mass is 10.2. The number of rotatable bonds is 5. The molecular formula is C9H20N2S. The van der Waals surface area contributed by atoms with Crippen molar-refractivity contribution in [2.45, 2.75) is 37.5 Å². The van der Waals surface area contributed by atoms with E-state index in [-0.39, 0.29) is 0 Å². The molecule has 1 fully saturated rings. The van der Waals surface area contributed by atoms with E-state index in [0.29, 0.717) is 0 Å². The highest BCUT2D eigenvalue weighted by molar-refractivity contribution is 8.00. The van der Waals surface area contributed by atoms with E-state index in [9.17, 15) is 0 Å². The largest absolute Gasteiger partial charge is 0.330 e. The van der Waals surface area contributed by atoms with E-state index >= 15 is 0 Å². The van der Waals surface area contributed by atoms with Crippen molar-refractivity contribution in [3.8, 4) is 0 Å². The zero-order chi connectivity index (χ0) is 8.81. The number of nitrogens with one attached hydrogen (secondary N) is 1. The lowest BCUT2D eigenvalue weighted by Gasteiger charge is -2.10. The van der Waals surface area contributed by atoms with E-state index in [1.807, 2.05) is 0 Å². The zero-order valence-corrected chi connectivity index (χ0v) is 8.70. The van der Waals surface area contributed by atoms with Crippen molar-refractivity contribution in [2.75, 3.05) is 18.8 Å². The maximum Gasteiger partial charge on any atom is 0.0168 e. The van der Waals surface area contributed by atoms with Gasteiger partial charge in [0.25, 0.3) is 0 Å². The Bertz CT molecular complexity index is 119. The Morgan fingerprint density at radius 3 is 2.92 bits per heavy atom. The zero-order valence-electron chi connectivity index (χ0n) is 7.88. The quantitative estimate of drug-likeness (QED) is 0.637. The normalized spacial score (nSPS) is 29.5. The molecule has 2 nitrogen and oxygen atoms in total. The van der Waals surface area contributed by atoms with Crippen molar-refractivity contribution in [2.24, 2.45) is 5.73 Å². The molecule has 0 aromatic carbocycles. The predicted octanol–water partition coefficient (Wildman–Crippen LogP) is 1.21. The van der Waals surface area contributed by atoms with Gasteiger partial charge in [-0.15, -0.1) is 0 Å². The van der Waals surface area contributed by atoms with Crippen LogP contribution in [-0.4, -0.2) is 30.1 Å². The van der Waals surface area contributed by atoms with Crippen LogP contribution in [-0.2, 0) is 0 Å². The van der Waals surface area contributed by atoms with Gasteiger partial charge in [0.05, 0.1) is 0 Å². The second-order valence-corrected chi connectivity index (χ2v) is 5.00. The smallest absolute Gasteiger partial charge is 0.0168 e. The average Bonchev–Trinajstić information content (AvgIpc) is 2.45. The first-order chi connectivity index (χ1) is 5.83. The molecule has 0 aliphatic carbocycles. The van der Waals surface area contributed by atoms with Crippen LogP contribution in [0.3, 0.4) is 0 Å². The molecule has 1 rings (SSSR count). The SMILES string of the molecule is CC1CC(NCCCCN)CS1. The summed E-state index contributed by atoms with van der Waals surface area (Å²) in [6.07, 6.45) is 3.72. The van der Waals surface area contributed by atoms with Crippen LogP contribution in [0.1, 0.15) is 26.2 Å². The van der Waals surface area contributed by atoms with E-state index in [2.05, 4.69) is 24.0 Å². The fourth-order valence-corrected chi connectivity index (χ4v) is 2.72. The minimum atomic E-state index is 0.766. The Morgan fingerprint density at radius 1 is 1.50 bits per heavy atom. The van der Waals surface area contributed by atoms with Crippen LogP contribution >= 0.6 is 11.8 Å². The lowest BCUT2D eigenvalue weighted by molar-refractivity contribution is 0.522. The molecule has 1 heterocycles. The van der Waals surface area contributed by atoms with Gasteiger partial charge in [-0.2, -0.15) is 11.8 Å². The Labute approximate surface area is 79.7 Å². The molecular weight excluding hydrogens is 168 g/mol. The topological polar surface area (TPSA) is 38.0 Å². The third-order valence-corrected chi connectivity index (χ3v) is 3.62. The second-order valence-electron chi connectivity index (χ2n) is 3.53.